The number of ether oxygens (including phenoxy) is 1. The van der Waals surface area contributed by atoms with Crippen LogP contribution < -0.4 is 4.74 Å². The summed E-state index contributed by atoms with van der Waals surface area (Å²) in [5.74, 6) is 0.359. The molecule has 0 aromatic carbocycles. The van der Waals surface area contributed by atoms with Gasteiger partial charge in [-0.2, -0.15) is 10.4 Å². The first-order valence-corrected chi connectivity index (χ1v) is 7.61. The molecule has 0 spiro atoms. The average molecular weight is 287 g/mol. The van der Waals surface area contributed by atoms with E-state index >= 15 is 0 Å². The summed E-state index contributed by atoms with van der Waals surface area (Å²) in [7, 11) is 0. The monoisotopic (exact) mass is 287 g/mol. The molecule has 0 atom stereocenters. The Labute approximate surface area is 123 Å². The Morgan fingerprint density at radius 2 is 2.15 bits per heavy atom. The summed E-state index contributed by atoms with van der Waals surface area (Å²) in [4.78, 5) is 1.26. The van der Waals surface area contributed by atoms with Gasteiger partial charge in [-0.1, -0.05) is 19.9 Å². The third-order valence-electron chi connectivity index (χ3n) is 3.09. The van der Waals surface area contributed by atoms with Crippen LogP contribution in [0.15, 0.2) is 17.5 Å². The first-order valence-electron chi connectivity index (χ1n) is 6.73. The van der Waals surface area contributed by atoms with Crippen LogP contribution in [-0.2, 0) is 19.3 Å². The molecule has 0 radical (unpaired) electrons. The van der Waals surface area contributed by atoms with Gasteiger partial charge >= 0.3 is 0 Å². The summed E-state index contributed by atoms with van der Waals surface area (Å²) in [5, 5.41) is 19.6. The number of rotatable bonds is 6. The van der Waals surface area contributed by atoms with Crippen LogP contribution in [0.5, 0.6) is 5.88 Å². The molecule has 0 bridgehead atoms. The lowest BCUT2D eigenvalue weighted by atomic mass is 10.0. The van der Waals surface area contributed by atoms with Crippen LogP contribution in [0, 0.1) is 11.3 Å². The summed E-state index contributed by atoms with van der Waals surface area (Å²) in [6.07, 6.45) is 2.37. The number of aryl methyl sites for hydroxylation is 1. The number of thiophene rings is 1. The van der Waals surface area contributed by atoms with Crippen LogP contribution in [0.1, 0.15) is 35.5 Å². The predicted molar refractivity (Wildman–Crippen MR) is 79.0 cm³/mol. The number of aromatic nitrogens is 2. The van der Waals surface area contributed by atoms with Crippen LogP contribution in [0.25, 0.3) is 0 Å². The molecule has 0 saturated heterocycles. The van der Waals surface area contributed by atoms with E-state index in [1.165, 1.54) is 4.88 Å². The summed E-state index contributed by atoms with van der Waals surface area (Å²) in [5.41, 5.74) is 2.37. The van der Waals surface area contributed by atoms with Crippen LogP contribution in [0.2, 0.25) is 0 Å². The largest absolute Gasteiger partial charge is 0.475 e. The number of hydrogen-bond donors (Lipinski definition) is 0. The summed E-state index contributed by atoms with van der Waals surface area (Å²) < 4.78 is 5.65. The number of hydrogen-bond acceptors (Lipinski definition) is 5. The molecular weight excluding hydrogens is 270 g/mol. The molecule has 5 heteroatoms. The van der Waals surface area contributed by atoms with Crippen LogP contribution in [0.4, 0.5) is 0 Å². The van der Waals surface area contributed by atoms with Gasteiger partial charge in [-0.25, -0.2) is 0 Å². The molecule has 0 N–H and O–H groups in total. The molecule has 0 aliphatic heterocycles. The van der Waals surface area contributed by atoms with Crippen molar-refractivity contribution < 1.29 is 4.74 Å². The lowest BCUT2D eigenvalue weighted by Crippen LogP contribution is -2.09. The van der Waals surface area contributed by atoms with E-state index in [9.17, 15) is 5.26 Å². The Hall–Kier alpha value is -1.93. The lowest BCUT2D eigenvalue weighted by molar-refractivity contribution is 0.304. The Balaban J connectivity index is 2.13. The SMILES string of the molecule is CCc1nnc(OCCc2cccs2)c(C#N)c1CC. The molecule has 2 aromatic rings. The molecule has 0 amide bonds. The molecule has 4 nitrogen and oxygen atoms in total. The van der Waals surface area contributed by atoms with Gasteiger partial charge in [0, 0.05) is 11.3 Å². The van der Waals surface area contributed by atoms with Gasteiger partial charge < -0.3 is 4.74 Å². The molecule has 2 rings (SSSR count). The van der Waals surface area contributed by atoms with Gasteiger partial charge in [0.05, 0.1) is 12.3 Å². The minimum absolute atomic E-state index is 0.359. The summed E-state index contributed by atoms with van der Waals surface area (Å²) in [6, 6.07) is 6.30. The fourth-order valence-electron chi connectivity index (χ4n) is 2.07. The zero-order valence-corrected chi connectivity index (χ0v) is 12.5. The molecule has 2 aromatic heterocycles. The average Bonchev–Trinajstić information content (AvgIpc) is 2.99. The molecule has 0 fully saturated rings. The van der Waals surface area contributed by atoms with Crippen molar-refractivity contribution in [1.29, 1.82) is 5.26 Å². The van der Waals surface area contributed by atoms with E-state index in [1.54, 1.807) is 11.3 Å². The highest BCUT2D eigenvalue weighted by atomic mass is 32.1. The Morgan fingerprint density at radius 3 is 2.75 bits per heavy atom. The molecule has 2 heterocycles. The van der Waals surface area contributed by atoms with Crippen molar-refractivity contribution in [2.24, 2.45) is 0 Å². The molecule has 0 unspecified atom stereocenters. The fourth-order valence-corrected chi connectivity index (χ4v) is 2.76. The van der Waals surface area contributed by atoms with Crippen molar-refractivity contribution in [3.05, 3.63) is 39.2 Å². The minimum atomic E-state index is 0.359. The predicted octanol–water partition coefficient (Wildman–Crippen LogP) is 3.16. The van der Waals surface area contributed by atoms with E-state index in [-0.39, 0.29) is 0 Å². The van der Waals surface area contributed by atoms with Crippen LogP contribution in [0.3, 0.4) is 0 Å². The van der Waals surface area contributed by atoms with Crippen molar-refractivity contribution in [1.82, 2.24) is 10.2 Å². The van der Waals surface area contributed by atoms with E-state index in [4.69, 9.17) is 4.74 Å². The zero-order valence-electron chi connectivity index (χ0n) is 11.7. The number of nitrogens with zero attached hydrogens (tertiary/aromatic N) is 3. The van der Waals surface area contributed by atoms with E-state index < -0.39 is 0 Å². The second kappa shape index (κ2) is 7.01. The summed E-state index contributed by atoms with van der Waals surface area (Å²) >= 11 is 1.70. The van der Waals surface area contributed by atoms with Crippen molar-refractivity contribution in [2.45, 2.75) is 33.1 Å². The molecular formula is C15H17N3OS. The second-order valence-corrected chi connectivity index (χ2v) is 5.33. The third-order valence-corrected chi connectivity index (χ3v) is 4.03. The van der Waals surface area contributed by atoms with Gasteiger partial charge in [0.25, 0.3) is 5.88 Å². The van der Waals surface area contributed by atoms with Crippen LogP contribution in [-0.4, -0.2) is 16.8 Å². The smallest absolute Gasteiger partial charge is 0.251 e. The van der Waals surface area contributed by atoms with Crippen molar-refractivity contribution in [2.75, 3.05) is 6.61 Å². The van der Waals surface area contributed by atoms with E-state index in [0.29, 0.717) is 18.1 Å². The van der Waals surface area contributed by atoms with Crippen LogP contribution >= 0.6 is 11.3 Å². The first-order chi connectivity index (χ1) is 9.80. The Morgan fingerprint density at radius 1 is 1.30 bits per heavy atom. The molecule has 0 aliphatic carbocycles. The lowest BCUT2D eigenvalue weighted by Gasteiger charge is -2.11. The maximum atomic E-state index is 9.34. The molecule has 0 saturated carbocycles. The number of nitriles is 1. The molecule has 104 valence electrons. The van der Waals surface area contributed by atoms with Gasteiger partial charge in [-0.05, 0) is 29.9 Å². The van der Waals surface area contributed by atoms with Crippen molar-refractivity contribution >= 4 is 11.3 Å². The van der Waals surface area contributed by atoms with Crippen molar-refractivity contribution in [3.8, 4) is 11.9 Å². The van der Waals surface area contributed by atoms with E-state index in [0.717, 1.165) is 30.5 Å². The van der Waals surface area contributed by atoms with Gasteiger partial charge in [-0.15, -0.1) is 16.4 Å². The van der Waals surface area contributed by atoms with Gasteiger partial charge in [0.1, 0.15) is 11.6 Å². The Bertz CT molecular complexity index is 602. The summed E-state index contributed by atoms with van der Waals surface area (Å²) in [6.45, 7) is 4.55. The highest BCUT2D eigenvalue weighted by Gasteiger charge is 2.15. The topological polar surface area (TPSA) is 58.8 Å². The molecule has 0 aliphatic rings. The van der Waals surface area contributed by atoms with Gasteiger partial charge in [-0.3, -0.25) is 0 Å². The first kappa shape index (κ1) is 14.5. The maximum Gasteiger partial charge on any atom is 0.251 e. The molecule has 20 heavy (non-hydrogen) atoms. The van der Waals surface area contributed by atoms with Crippen molar-refractivity contribution in [3.63, 3.8) is 0 Å². The highest BCUT2D eigenvalue weighted by Crippen LogP contribution is 2.22. The normalized spacial score (nSPS) is 10.2. The maximum absolute atomic E-state index is 9.34. The zero-order chi connectivity index (χ0) is 14.4. The van der Waals surface area contributed by atoms with E-state index in [1.807, 2.05) is 25.3 Å². The second-order valence-electron chi connectivity index (χ2n) is 4.30. The quantitative estimate of drug-likeness (QED) is 0.819. The van der Waals surface area contributed by atoms with Gasteiger partial charge in [0.2, 0.25) is 0 Å². The third kappa shape index (κ3) is 3.14. The standard InChI is InChI=1S/C15H17N3OS/c1-3-12-13(10-16)15(18-17-14(12)4-2)19-8-7-11-6-5-9-20-11/h5-6,9H,3-4,7-8H2,1-2H3. The highest BCUT2D eigenvalue weighted by molar-refractivity contribution is 7.09. The fraction of sp³-hybridized carbons (Fsp3) is 0.400. The van der Waals surface area contributed by atoms with Gasteiger partial charge in [0.15, 0.2) is 0 Å². The minimum Gasteiger partial charge on any atom is -0.475 e. The Kier molecular flexibility index (Phi) is 5.08. The van der Waals surface area contributed by atoms with E-state index in [2.05, 4.69) is 22.3 Å².